The van der Waals surface area contributed by atoms with Crippen molar-refractivity contribution in [3.63, 3.8) is 0 Å². The molecule has 0 fully saturated rings. The summed E-state index contributed by atoms with van der Waals surface area (Å²) in [4.78, 5) is 0. The number of nitrogens with one attached hydrogen (secondary N) is 1. The minimum atomic E-state index is -0.634. The fourth-order valence-corrected chi connectivity index (χ4v) is 2.47. The molecule has 3 unspecified atom stereocenters. The molecule has 0 saturated heterocycles. The van der Waals surface area contributed by atoms with Crippen molar-refractivity contribution in [1.29, 1.82) is 0 Å². The van der Waals surface area contributed by atoms with Crippen LogP contribution in [0.1, 0.15) is 45.3 Å². The van der Waals surface area contributed by atoms with Crippen LogP contribution in [0, 0.1) is 5.92 Å². The van der Waals surface area contributed by atoms with Gasteiger partial charge in [-0.05, 0) is 37.5 Å². The van der Waals surface area contributed by atoms with Gasteiger partial charge in [0.1, 0.15) is 0 Å². The van der Waals surface area contributed by atoms with Crippen LogP contribution in [0.25, 0.3) is 0 Å². The molecule has 0 aliphatic rings. The summed E-state index contributed by atoms with van der Waals surface area (Å²) in [5.41, 5.74) is 0.678. The fraction of sp³-hybridized carbons (Fsp3) is 0.600. The first-order chi connectivity index (χ1) is 8.93. The number of rotatable bonds is 7. The lowest BCUT2D eigenvalue weighted by atomic mass is 10.00. The van der Waals surface area contributed by atoms with Crippen LogP contribution in [0.3, 0.4) is 0 Å². The molecule has 2 nitrogen and oxygen atoms in total. The second-order valence-corrected chi connectivity index (χ2v) is 6.08. The van der Waals surface area contributed by atoms with Crippen molar-refractivity contribution in [2.24, 2.45) is 5.92 Å². The van der Waals surface area contributed by atoms with Crippen LogP contribution in [0.15, 0.2) is 18.2 Å². The maximum Gasteiger partial charge on any atom is 0.0929 e. The van der Waals surface area contributed by atoms with Gasteiger partial charge in [-0.15, -0.1) is 0 Å². The van der Waals surface area contributed by atoms with Crippen molar-refractivity contribution >= 4 is 23.2 Å². The zero-order valence-corrected chi connectivity index (χ0v) is 13.3. The first-order valence-electron chi connectivity index (χ1n) is 6.80. The number of hydrogen-bond donors (Lipinski definition) is 2. The molecule has 0 radical (unpaired) electrons. The van der Waals surface area contributed by atoms with E-state index in [0.29, 0.717) is 34.1 Å². The summed E-state index contributed by atoms with van der Waals surface area (Å²) in [6.07, 6.45) is 1.65. The topological polar surface area (TPSA) is 32.3 Å². The van der Waals surface area contributed by atoms with E-state index in [2.05, 4.69) is 26.1 Å². The third-order valence-corrected chi connectivity index (χ3v) is 4.01. The summed E-state index contributed by atoms with van der Waals surface area (Å²) in [5.74, 6) is 0.689. The zero-order valence-electron chi connectivity index (χ0n) is 11.8. The number of hydrogen-bond acceptors (Lipinski definition) is 2. The Morgan fingerprint density at radius 3 is 2.58 bits per heavy atom. The van der Waals surface area contributed by atoms with E-state index >= 15 is 0 Å². The first-order valence-corrected chi connectivity index (χ1v) is 7.56. The second kappa shape index (κ2) is 8.11. The summed E-state index contributed by atoms with van der Waals surface area (Å²) in [6.45, 7) is 7.05. The second-order valence-electron chi connectivity index (χ2n) is 5.24. The molecule has 0 aliphatic carbocycles. The fourth-order valence-electron chi connectivity index (χ4n) is 2.05. The van der Waals surface area contributed by atoms with Crippen LogP contribution in [-0.4, -0.2) is 17.7 Å². The van der Waals surface area contributed by atoms with Gasteiger partial charge in [0.15, 0.2) is 0 Å². The summed E-state index contributed by atoms with van der Waals surface area (Å²) in [6, 6.07) is 5.53. The van der Waals surface area contributed by atoms with Crippen molar-refractivity contribution < 1.29 is 5.11 Å². The number of aliphatic hydroxyl groups is 1. The van der Waals surface area contributed by atoms with Crippen molar-refractivity contribution in [2.45, 2.75) is 45.8 Å². The van der Waals surface area contributed by atoms with E-state index in [9.17, 15) is 5.11 Å². The molecule has 0 aromatic heterocycles. The number of aliphatic hydroxyl groups excluding tert-OH is 1. The SMILES string of the molecule is CCC(C)CC(C)NCC(O)c1cc(Cl)ccc1Cl. The lowest BCUT2D eigenvalue weighted by Crippen LogP contribution is -2.31. The van der Waals surface area contributed by atoms with Crippen LogP contribution in [0.2, 0.25) is 10.0 Å². The highest BCUT2D eigenvalue weighted by atomic mass is 35.5. The highest BCUT2D eigenvalue weighted by molar-refractivity contribution is 6.33. The largest absolute Gasteiger partial charge is 0.387 e. The predicted octanol–water partition coefficient (Wildman–Crippen LogP) is 4.44. The van der Waals surface area contributed by atoms with Gasteiger partial charge in [0, 0.05) is 28.2 Å². The molecule has 108 valence electrons. The maximum absolute atomic E-state index is 10.2. The Kier molecular flexibility index (Phi) is 7.16. The summed E-state index contributed by atoms with van der Waals surface area (Å²) in [7, 11) is 0. The number of halogens is 2. The van der Waals surface area contributed by atoms with Crippen molar-refractivity contribution in [3.8, 4) is 0 Å². The average molecular weight is 304 g/mol. The molecule has 2 N–H and O–H groups in total. The van der Waals surface area contributed by atoms with Crippen molar-refractivity contribution in [2.75, 3.05) is 6.54 Å². The van der Waals surface area contributed by atoms with E-state index in [4.69, 9.17) is 23.2 Å². The smallest absolute Gasteiger partial charge is 0.0929 e. The van der Waals surface area contributed by atoms with Gasteiger partial charge in [-0.2, -0.15) is 0 Å². The standard InChI is InChI=1S/C15H23Cl2NO/c1-4-10(2)7-11(3)18-9-15(19)13-8-12(16)5-6-14(13)17/h5-6,8,10-11,15,18-19H,4,7,9H2,1-3H3. The lowest BCUT2D eigenvalue weighted by molar-refractivity contribution is 0.168. The van der Waals surface area contributed by atoms with E-state index in [-0.39, 0.29) is 0 Å². The molecule has 4 heteroatoms. The third-order valence-electron chi connectivity index (χ3n) is 3.43. The lowest BCUT2D eigenvalue weighted by Gasteiger charge is -2.20. The van der Waals surface area contributed by atoms with Gasteiger partial charge < -0.3 is 10.4 Å². The Labute approximate surface area is 126 Å². The first kappa shape index (κ1) is 16.8. The molecule has 19 heavy (non-hydrogen) atoms. The van der Waals surface area contributed by atoms with Crippen molar-refractivity contribution in [3.05, 3.63) is 33.8 Å². The summed E-state index contributed by atoms with van der Waals surface area (Å²) < 4.78 is 0. The molecule has 0 saturated carbocycles. The van der Waals surface area contributed by atoms with E-state index in [1.165, 1.54) is 6.42 Å². The van der Waals surface area contributed by atoms with Crippen LogP contribution in [0.5, 0.6) is 0 Å². The zero-order chi connectivity index (χ0) is 14.4. The normalized spacial score (nSPS) is 16.1. The molecular formula is C15H23Cl2NO. The van der Waals surface area contributed by atoms with Gasteiger partial charge in [0.25, 0.3) is 0 Å². The Morgan fingerprint density at radius 1 is 1.26 bits per heavy atom. The van der Waals surface area contributed by atoms with Gasteiger partial charge in [-0.3, -0.25) is 0 Å². The van der Waals surface area contributed by atoms with Gasteiger partial charge in [-0.25, -0.2) is 0 Å². The van der Waals surface area contributed by atoms with Gasteiger partial charge in [0.2, 0.25) is 0 Å². The minimum absolute atomic E-state index is 0.377. The maximum atomic E-state index is 10.2. The molecule has 0 heterocycles. The van der Waals surface area contributed by atoms with Gasteiger partial charge in [0.05, 0.1) is 6.10 Å². The molecule has 1 rings (SSSR count). The average Bonchev–Trinajstić information content (AvgIpc) is 2.38. The predicted molar refractivity (Wildman–Crippen MR) is 83.0 cm³/mol. The highest BCUT2D eigenvalue weighted by Gasteiger charge is 2.14. The Bertz CT molecular complexity index is 398. The molecule has 0 aliphatic heterocycles. The Balaban J connectivity index is 2.51. The minimum Gasteiger partial charge on any atom is -0.387 e. The molecule has 3 atom stereocenters. The highest BCUT2D eigenvalue weighted by Crippen LogP contribution is 2.26. The molecule has 0 bridgehead atoms. The third kappa shape index (κ3) is 5.70. The van der Waals surface area contributed by atoms with Gasteiger partial charge in [-0.1, -0.05) is 43.5 Å². The molecule has 1 aromatic rings. The Morgan fingerprint density at radius 2 is 1.95 bits per heavy atom. The molecule has 1 aromatic carbocycles. The molecule has 0 amide bonds. The number of benzene rings is 1. The molecule has 0 spiro atoms. The summed E-state index contributed by atoms with van der Waals surface area (Å²) >= 11 is 12.0. The van der Waals surface area contributed by atoms with Crippen LogP contribution < -0.4 is 5.32 Å². The Hall–Kier alpha value is -0.280. The van der Waals surface area contributed by atoms with Crippen LogP contribution >= 0.6 is 23.2 Å². The van der Waals surface area contributed by atoms with E-state index in [1.54, 1.807) is 18.2 Å². The quantitative estimate of drug-likeness (QED) is 0.780. The van der Waals surface area contributed by atoms with Crippen LogP contribution in [0.4, 0.5) is 0 Å². The summed E-state index contributed by atoms with van der Waals surface area (Å²) in [5, 5.41) is 14.6. The van der Waals surface area contributed by atoms with E-state index < -0.39 is 6.10 Å². The monoisotopic (exact) mass is 303 g/mol. The van der Waals surface area contributed by atoms with Crippen LogP contribution in [-0.2, 0) is 0 Å². The van der Waals surface area contributed by atoms with Crippen molar-refractivity contribution in [1.82, 2.24) is 5.32 Å². The van der Waals surface area contributed by atoms with Gasteiger partial charge >= 0.3 is 0 Å². The molecular weight excluding hydrogens is 281 g/mol. The van der Waals surface area contributed by atoms with E-state index in [0.717, 1.165) is 6.42 Å². The van der Waals surface area contributed by atoms with E-state index in [1.807, 2.05) is 0 Å².